The van der Waals surface area contributed by atoms with Crippen LogP contribution in [-0.4, -0.2) is 31.5 Å². The van der Waals surface area contributed by atoms with Gasteiger partial charge in [0.05, 0.1) is 7.11 Å². The van der Waals surface area contributed by atoms with Crippen LogP contribution in [0.1, 0.15) is 10.4 Å². The van der Waals surface area contributed by atoms with Gasteiger partial charge < -0.3 is 15.0 Å². The third kappa shape index (κ3) is 4.38. The Morgan fingerprint density at radius 1 is 1.18 bits per heavy atom. The number of carbonyl (C=O) groups excluding carboxylic acids is 1. The van der Waals surface area contributed by atoms with Gasteiger partial charge >= 0.3 is 0 Å². The zero-order valence-corrected chi connectivity index (χ0v) is 12.8. The van der Waals surface area contributed by atoms with E-state index in [2.05, 4.69) is 5.32 Å². The topological polar surface area (TPSA) is 41.6 Å². The lowest BCUT2D eigenvalue weighted by Crippen LogP contribution is -2.21. The average molecular weight is 296 g/mol. The number of carbonyl (C=O) groups is 1. The summed E-state index contributed by atoms with van der Waals surface area (Å²) in [5.41, 5.74) is 1.65. The van der Waals surface area contributed by atoms with Crippen LogP contribution in [0.4, 0.5) is 5.69 Å². The normalized spacial score (nSPS) is 10.5. The Kier molecular flexibility index (Phi) is 5.60. The summed E-state index contributed by atoms with van der Waals surface area (Å²) in [6, 6.07) is 16.9. The smallest absolute Gasteiger partial charge is 0.257 e. The Morgan fingerprint density at radius 3 is 2.68 bits per heavy atom. The molecule has 1 amide bonds. The third-order valence-electron chi connectivity index (χ3n) is 3.16. The molecule has 0 fully saturated rings. The highest BCUT2D eigenvalue weighted by Gasteiger charge is 2.07. The minimum Gasteiger partial charge on any atom is -0.497 e. The first-order valence-corrected chi connectivity index (χ1v) is 7.07. The van der Waals surface area contributed by atoms with Gasteiger partial charge in [0, 0.05) is 37.1 Å². The van der Waals surface area contributed by atoms with Crippen molar-refractivity contribution in [2.45, 2.75) is 0 Å². The summed E-state index contributed by atoms with van der Waals surface area (Å²) in [4.78, 5) is 13.7. The van der Waals surface area contributed by atoms with Crippen LogP contribution in [0.3, 0.4) is 0 Å². The second-order valence-electron chi connectivity index (χ2n) is 4.78. The highest BCUT2D eigenvalue weighted by Crippen LogP contribution is 2.16. The average Bonchev–Trinajstić information content (AvgIpc) is 2.58. The van der Waals surface area contributed by atoms with E-state index in [4.69, 9.17) is 4.74 Å². The summed E-state index contributed by atoms with van der Waals surface area (Å²) >= 11 is 0. The zero-order chi connectivity index (χ0) is 15.8. The zero-order valence-electron chi connectivity index (χ0n) is 12.8. The fourth-order valence-electron chi connectivity index (χ4n) is 1.97. The lowest BCUT2D eigenvalue weighted by atomic mass is 10.2. The van der Waals surface area contributed by atoms with E-state index in [1.165, 1.54) is 0 Å². The number of nitrogens with one attached hydrogen (secondary N) is 1. The molecule has 2 rings (SSSR count). The van der Waals surface area contributed by atoms with Crippen molar-refractivity contribution in [3.8, 4) is 5.75 Å². The number of anilines is 1. The van der Waals surface area contributed by atoms with Crippen LogP contribution in [-0.2, 0) is 0 Å². The summed E-state index contributed by atoms with van der Waals surface area (Å²) in [7, 11) is 3.39. The molecule has 22 heavy (non-hydrogen) atoms. The molecular weight excluding hydrogens is 276 g/mol. The molecule has 0 aliphatic rings. The Bertz CT molecular complexity index is 639. The van der Waals surface area contributed by atoms with Crippen molar-refractivity contribution in [3.05, 3.63) is 72.4 Å². The molecule has 4 nitrogen and oxygen atoms in total. The van der Waals surface area contributed by atoms with Crippen LogP contribution in [0, 0.1) is 0 Å². The maximum atomic E-state index is 12.1. The molecule has 0 aromatic heterocycles. The number of methoxy groups -OCH3 is 1. The summed E-state index contributed by atoms with van der Waals surface area (Å²) in [6.45, 7) is 0.625. The van der Waals surface area contributed by atoms with Crippen LogP contribution < -0.4 is 10.1 Å². The van der Waals surface area contributed by atoms with Crippen molar-refractivity contribution in [1.29, 1.82) is 0 Å². The minimum atomic E-state index is -0.0294. The fourth-order valence-corrected chi connectivity index (χ4v) is 1.97. The summed E-state index contributed by atoms with van der Waals surface area (Å²) < 4.78 is 5.17. The Balaban J connectivity index is 1.85. The Morgan fingerprint density at radius 2 is 1.95 bits per heavy atom. The first-order valence-electron chi connectivity index (χ1n) is 7.07. The number of rotatable bonds is 6. The van der Waals surface area contributed by atoms with E-state index in [9.17, 15) is 4.79 Å². The standard InChI is InChI=1S/C18H20N2O2/c1-20(18(21)15-8-4-3-5-9-15)13-7-12-19-16-10-6-11-17(14-16)22-2/h3-11,13-14,19H,12H2,1-2H3/b13-7+. The molecule has 0 aliphatic heterocycles. The molecule has 2 aromatic rings. The fraction of sp³-hybridized carbons (Fsp3) is 0.167. The second kappa shape index (κ2) is 7.88. The van der Waals surface area contributed by atoms with Gasteiger partial charge in [-0.2, -0.15) is 0 Å². The maximum absolute atomic E-state index is 12.1. The van der Waals surface area contributed by atoms with Crippen LogP contribution >= 0.6 is 0 Å². The van der Waals surface area contributed by atoms with Crippen LogP contribution in [0.2, 0.25) is 0 Å². The van der Waals surface area contributed by atoms with Crippen LogP contribution in [0.5, 0.6) is 5.75 Å². The SMILES string of the molecule is COc1cccc(NC/C=C/N(C)C(=O)c2ccccc2)c1. The summed E-state index contributed by atoms with van der Waals surface area (Å²) in [5.74, 6) is 0.781. The first-order chi connectivity index (χ1) is 10.7. The van der Waals surface area contributed by atoms with Crippen LogP contribution in [0.25, 0.3) is 0 Å². The van der Waals surface area contributed by atoms with Crippen molar-refractivity contribution in [1.82, 2.24) is 4.90 Å². The number of amides is 1. The predicted octanol–water partition coefficient (Wildman–Crippen LogP) is 3.39. The maximum Gasteiger partial charge on any atom is 0.257 e. The number of hydrogen-bond acceptors (Lipinski definition) is 3. The number of nitrogens with zero attached hydrogens (tertiary/aromatic N) is 1. The molecule has 1 N–H and O–H groups in total. The molecule has 114 valence electrons. The summed E-state index contributed by atoms with van der Waals surface area (Å²) in [6.07, 6.45) is 3.67. The molecule has 4 heteroatoms. The molecule has 0 saturated heterocycles. The molecule has 0 heterocycles. The summed E-state index contributed by atoms with van der Waals surface area (Å²) in [5, 5.41) is 3.25. The van der Waals surface area contributed by atoms with Gasteiger partial charge in [0.15, 0.2) is 0 Å². The molecule has 0 atom stereocenters. The van der Waals surface area contributed by atoms with E-state index in [1.54, 1.807) is 37.4 Å². The van der Waals surface area contributed by atoms with Gasteiger partial charge in [-0.25, -0.2) is 0 Å². The molecule has 0 spiro atoms. The molecule has 0 unspecified atom stereocenters. The van der Waals surface area contributed by atoms with Gasteiger partial charge in [-0.15, -0.1) is 0 Å². The van der Waals surface area contributed by atoms with Gasteiger partial charge in [0.1, 0.15) is 5.75 Å². The quantitative estimate of drug-likeness (QED) is 0.888. The Hall–Kier alpha value is -2.75. The molecular formula is C18H20N2O2. The van der Waals surface area contributed by atoms with Crippen LogP contribution in [0.15, 0.2) is 66.9 Å². The van der Waals surface area contributed by atoms with Crippen molar-refractivity contribution in [3.63, 3.8) is 0 Å². The molecule has 0 bridgehead atoms. The van der Waals surface area contributed by atoms with E-state index < -0.39 is 0 Å². The van der Waals surface area contributed by atoms with Gasteiger partial charge in [0.2, 0.25) is 0 Å². The van der Waals surface area contributed by atoms with Crippen molar-refractivity contribution < 1.29 is 9.53 Å². The lowest BCUT2D eigenvalue weighted by molar-refractivity contribution is 0.0850. The highest BCUT2D eigenvalue weighted by atomic mass is 16.5. The first kappa shape index (κ1) is 15.6. The number of benzene rings is 2. The van der Waals surface area contributed by atoms with Crippen molar-refractivity contribution in [2.75, 3.05) is 26.0 Å². The van der Waals surface area contributed by atoms with E-state index in [0.29, 0.717) is 12.1 Å². The molecule has 2 aromatic carbocycles. The van der Waals surface area contributed by atoms with Gasteiger partial charge in [-0.3, -0.25) is 4.79 Å². The van der Waals surface area contributed by atoms with Crippen molar-refractivity contribution in [2.24, 2.45) is 0 Å². The number of ether oxygens (including phenoxy) is 1. The molecule has 0 aliphatic carbocycles. The lowest BCUT2D eigenvalue weighted by Gasteiger charge is -2.12. The van der Waals surface area contributed by atoms with Gasteiger partial charge in [-0.05, 0) is 30.3 Å². The van der Waals surface area contributed by atoms with Gasteiger partial charge in [0.25, 0.3) is 5.91 Å². The highest BCUT2D eigenvalue weighted by molar-refractivity contribution is 5.94. The predicted molar refractivity (Wildman–Crippen MR) is 89.2 cm³/mol. The molecule has 0 saturated carbocycles. The van der Waals surface area contributed by atoms with E-state index >= 15 is 0 Å². The van der Waals surface area contributed by atoms with Crippen molar-refractivity contribution >= 4 is 11.6 Å². The van der Waals surface area contributed by atoms with Gasteiger partial charge in [-0.1, -0.05) is 24.3 Å². The Labute approximate surface area is 131 Å². The van der Waals surface area contributed by atoms with E-state index in [1.807, 2.05) is 48.5 Å². The van der Waals surface area contributed by atoms with E-state index in [0.717, 1.165) is 11.4 Å². The third-order valence-corrected chi connectivity index (χ3v) is 3.16. The number of hydrogen-bond donors (Lipinski definition) is 1. The van der Waals surface area contributed by atoms with E-state index in [-0.39, 0.29) is 5.91 Å². The second-order valence-corrected chi connectivity index (χ2v) is 4.78. The molecule has 0 radical (unpaired) electrons. The minimum absolute atomic E-state index is 0.0294. The monoisotopic (exact) mass is 296 g/mol. The largest absolute Gasteiger partial charge is 0.497 e.